The number of anilines is 1. The van der Waals surface area contributed by atoms with Gasteiger partial charge in [0.25, 0.3) is 15.9 Å². The van der Waals surface area contributed by atoms with Crippen molar-refractivity contribution in [2.45, 2.75) is 30.6 Å². The van der Waals surface area contributed by atoms with Gasteiger partial charge in [-0.25, -0.2) is 18.4 Å². The highest BCUT2D eigenvalue weighted by Gasteiger charge is 2.29. The lowest BCUT2D eigenvalue weighted by molar-refractivity contribution is 0.232. The Morgan fingerprint density at radius 2 is 1.92 bits per heavy atom. The Morgan fingerprint density at radius 1 is 1.15 bits per heavy atom. The van der Waals surface area contributed by atoms with Crippen molar-refractivity contribution in [1.29, 1.82) is 0 Å². The minimum absolute atomic E-state index is 0.0159. The highest BCUT2D eigenvalue weighted by Crippen LogP contribution is 2.30. The molecular weight excluding hydrogens is 396 g/mol. The maximum Gasteiger partial charge on any atom is 0.257 e. The van der Waals surface area contributed by atoms with Gasteiger partial charge in [0.1, 0.15) is 4.21 Å². The number of aromatic nitrogens is 2. The quantitative estimate of drug-likeness (QED) is 0.745. The van der Waals surface area contributed by atoms with E-state index < -0.39 is 10.0 Å². The lowest BCUT2D eigenvalue weighted by Gasteiger charge is -2.24. The largest absolute Gasteiger partial charge is 0.472 e. The number of thiophene rings is 1. The Morgan fingerprint density at radius 3 is 2.62 bits per heavy atom. The molecule has 0 aromatic carbocycles. The van der Waals surface area contributed by atoms with Crippen LogP contribution < -0.4 is 9.64 Å². The summed E-state index contributed by atoms with van der Waals surface area (Å²) in [5, 5.41) is 0. The van der Waals surface area contributed by atoms with Gasteiger partial charge in [-0.05, 0) is 32.4 Å². The summed E-state index contributed by atoms with van der Waals surface area (Å²) in [4.78, 5) is 10.7. The molecule has 2 aromatic heterocycles. The number of halogens is 1. The molecule has 1 fully saturated rings. The molecule has 0 saturated carbocycles. The molecule has 1 saturated heterocycles. The van der Waals surface area contributed by atoms with Crippen LogP contribution in [0.25, 0.3) is 0 Å². The average Bonchev–Trinajstić information content (AvgIpc) is 2.89. The van der Waals surface area contributed by atoms with Gasteiger partial charge in [-0.15, -0.1) is 11.3 Å². The lowest BCUT2D eigenvalue weighted by Crippen LogP contribution is -2.35. The first-order valence-corrected chi connectivity index (χ1v) is 11.0. The van der Waals surface area contributed by atoms with Crippen LogP contribution in [0.1, 0.15) is 20.3 Å². The van der Waals surface area contributed by atoms with Gasteiger partial charge in [-0.3, -0.25) is 0 Å². The first kappa shape index (κ1) is 19.3. The summed E-state index contributed by atoms with van der Waals surface area (Å²) >= 11 is 6.98. The zero-order chi connectivity index (χ0) is 18.7. The summed E-state index contributed by atoms with van der Waals surface area (Å²) in [5.74, 6) is 1.13. The summed E-state index contributed by atoms with van der Waals surface area (Å²) in [5.41, 5.74) is 0. The molecule has 0 bridgehead atoms. The van der Waals surface area contributed by atoms with E-state index in [1.54, 1.807) is 24.5 Å². The van der Waals surface area contributed by atoms with Crippen LogP contribution in [0.15, 0.2) is 28.7 Å². The van der Waals surface area contributed by atoms with E-state index in [1.807, 2.05) is 18.7 Å². The number of nitrogens with zero attached hydrogens (tertiary/aromatic N) is 4. The average molecular weight is 417 g/mol. The van der Waals surface area contributed by atoms with Crippen molar-refractivity contribution in [3.05, 3.63) is 28.9 Å². The predicted octanol–water partition coefficient (Wildman–Crippen LogP) is 2.88. The zero-order valence-electron chi connectivity index (χ0n) is 14.6. The number of rotatable bonds is 5. The number of ether oxygens (including phenoxy) is 1. The fraction of sp³-hybridized carbons (Fsp3) is 0.500. The van der Waals surface area contributed by atoms with E-state index in [9.17, 15) is 8.42 Å². The van der Waals surface area contributed by atoms with E-state index in [4.69, 9.17) is 16.3 Å². The summed E-state index contributed by atoms with van der Waals surface area (Å²) in [6.07, 6.45) is 3.89. The molecule has 7 nitrogen and oxygen atoms in total. The van der Waals surface area contributed by atoms with Crippen LogP contribution in [0.5, 0.6) is 5.88 Å². The third-order valence-electron chi connectivity index (χ3n) is 3.89. The van der Waals surface area contributed by atoms with Crippen LogP contribution in [0.2, 0.25) is 4.34 Å². The first-order chi connectivity index (χ1) is 12.4. The van der Waals surface area contributed by atoms with Gasteiger partial charge in [0.05, 0.1) is 10.4 Å². The van der Waals surface area contributed by atoms with Gasteiger partial charge in [0, 0.05) is 38.6 Å². The molecule has 3 heterocycles. The standard InChI is InChI=1S/C16H21ClN4O3S2/c1-12(2)24-16-15(18-6-7-19-16)20-8-3-9-21(11-10-20)26(22,23)14-5-4-13(17)25-14/h4-7,12H,3,8-11H2,1-2H3. The smallest absolute Gasteiger partial charge is 0.257 e. The van der Waals surface area contributed by atoms with E-state index in [2.05, 4.69) is 9.97 Å². The normalized spacial score (nSPS) is 16.7. The van der Waals surface area contributed by atoms with E-state index in [1.165, 1.54) is 4.31 Å². The van der Waals surface area contributed by atoms with Crippen molar-refractivity contribution in [3.8, 4) is 5.88 Å². The third-order valence-corrected chi connectivity index (χ3v) is 7.49. The summed E-state index contributed by atoms with van der Waals surface area (Å²) in [7, 11) is -3.53. The fourth-order valence-corrected chi connectivity index (χ4v) is 5.86. The van der Waals surface area contributed by atoms with Gasteiger partial charge < -0.3 is 9.64 Å². The minimum atomic E-state index is -3.53. The third kappa shape index (κ3) is 4.28. The van der Waals surface area contributed by atoms with Crippen molar-refractivity contribution >= 4 is 38.8 Å². The Kier molecular flexibility index (Phi) is 6.01. The lowest BCUT2D eigenvalue weighted by atomic mass is 10.4. The summed E-state index contributed by atoms with van der Waals surface area (Å²) in [6.45, 7) is 5.89. The minimum Gasteiger partial charge on any atom is -0.472 e. The Bertz CT molecular complexity index is 857. The molecule has 0 radical (unpaired) electrons. The molecule has 1 aliphatic heterocycles. The second kappa shape index (κ2) is 8.08. The van der Waals surface area contributed by atoms with Gasteiger partial charge in [0.15, 0.2) is 5.82 Å². The van der Waals surface area contributed by atoms with Crippen molar-refractivity contribution in [2.75, 3.05) is 31.1 Å². The second-order valence-corrected chi connectivity index (χ2v) is 10.0. The molecule has 26 heavy (non-hydrogen) atoms. The summed E-state index contributed by atoms with van der Waals surface area (Å²) < 4.78 is 33.6. The van der Waals surface area contributed by atoms with Crippen molar-refractivity contribution in [3.63, 3.8) is 0 Å². The van der Waals surface area contributed by atoms with Gasteiger partial charge in [-0.2, -0.15) is 4.31 Å². The predicted molar refractivity (Wildman–Crippen MR) is 103 cm³/mol. The van der Waals surface area contributed by atoms with Crippen molar-refractivity contribution < 1.29 is 13.2 Å². The molecule has 0 N–H and O–H groups in total. The molecule has 2 aromatic rings. The molecule has 0 atom stereocenters. The highest BCUT2D eigenvalue weighted by molar-refractivity contribution is 7.91. The summed E-state index contributed by atoms with van der Waals surface area (Å²) in [6, 6.07) is 3.17. The van der Waals surface area contributed by atoms with Gasteiger partial charge in [-0.1, -0.05) is 11.6 Å². The number of hydrogen-bond donors (Lipinski definition) is 0. The molecule has 10 heteroatoms. The molecule has 142 valence electrons. The molecule has 0 unspecified atom stereocenters. The van der Waals surface area contributed by atoms with Crippen LogP contribution in [-0.2, 0) is 10.0 Å². The van der Waals surface area contributed by atoms with Crippen LogP contribution >= 0.6 is 22.9 Å². The van der Waals surface area contributed by atoms with Crippen molar-refractivity contribution in [2.24, 2.45) is 0 Å². The van der Waals surface area contributed by atoms with E-state index >= 15 is 0 Å². The monoisotopic (exact) mass is 416 g/mol. The van der Waals surface area contributed by atoms with Crippen molar-refractivity contribution in [1.82, 2.24) is 14.3 Å². The molecule has 0 amide bonds. The highest BCUT2D eigenvalue weighted by atomic mass is 35.5. The van der Waals surface area contributed by atoms with E-state index in [0.29, 0.717) is 48.6 Å². The molecule has 0 aliphatic carbocycles. The zero-order valence-corrected chi connectivity index (χ0v) is 17.0. The molecular formula is C16H21ClN4O3S2. The van der Waals surface area contributed by atoms with Crippen LogP contribution in [0, 0.1) is 0 Å². The van der Waals surface area contributed by atoms with Crippen LogP contribution in [-0.4, -0.2) is 55.0 Å². The number of hydrogen-bond acceptors (Lipinski definition) is 7. The first-order valence-electron chi connectivity index (χ1n) is 8.36. The number of sulfonamides is 1. The molecule has 3 rings (SSSR count). The SMILES string of the molecule is CC(C)Oc1nccnc1N1CCCN(S(=O)(=O)c2ccc(Cl)s2)CC1. The Labute approximate surface area is 162 Å². The second-order valence-electron chi connectivity index (χ2n) is 6.15. The van der Waals surface area contributed by atoms with E-state index in [-0.39, 0.29) is 10.3 Å². The molecule has 0 spiro atoms. The van der Waals surface area contributed by atoms with Crippen LogP contribution in [0.4, 0.5) is 5.82 Å². The maximum atomic E-state index is 12.8. The fourth-order valence-electron chi connectivity index (χ4n) is 2.75. The van der Waals surface area contributed by atoms with Gasteiger partial charge in [0.2, 0.25) is 0 Å². The van der Waals surface area contributed by atoms with E-state index in [0.717, 1.165) is 11.3 Å². The topological polar surface area (TPSA) is 75.6 Å². The molecule has 1 aliphatic rings. The maximum absolute atomic E-state index is 12.8. The Hall–Kier alpha value is -1.42. The van der Waals surface area contributed by atoms with Gasteiger partial charge >= 0.3 is 0 Å². The van der Waals surface area contributed by atoms with Crippen LogP contribution in [0.3, 0.4) is 0 Å². The Balaban J connectivity index is 1.77.